The summed E-state index contributed by atoms with van der Waals surface area (Å²) in [5, 5.41) is 4.71. The van der Waals surface area contributed by atoms with E-state index in [-0.39, 0.29) is 0 Å². The van der Waals surface area contributed by atoms with E-state index in [2.05, 4.69) is 97.1 Å². The topological polar surface area (TPSA) is 25.8 Å². The molecule has 0 amide bonds. The predicted molar refractivity (Wildman–Crippen MR) is 125 cm³/mol. The summed E-state index contributed by atoms with van der Waals surface area (Å²) in [5.41, 5.74) is 6.24. The smallest absolute Gasteiger partial charge is 0.0979 e. The number of hydrogen-bond acceptors (Lipinski definition) is 2. The Morgan fingerprint density at radius 2 is 1.00 bits per heavy atom. The molecule has 140 valence electrons. The highest BCUT2D eigenvalue weighted by Gasteiger charge is 2.12. The van der Waals surface area contributed by atoms with Gasteiger partial charge in [0.15, 0.2) is 0 Å². The van der Waals surface area contributed by atoms with E-state index in [0.717, 1.165) is 33.1 Å². The molecule has 0 bridgehead atoms. The summed E-state index contributed by atoms with van der Waals surface area (Å²) in [6.45, 7) is 0. The van der Waals surface area contributed by atoms with Crippen LogP contribution in [0.1, 0.15) is 0 Å². The molecular formula is C28H18N2. The molecule has 0 fully saturated rings. The quantitative estimate of drug-likeness (QED) is 0.294. The van der Waals surface area contributed by atoms with Crippen LogP contribution in [0.25, 0.3) is 55.0 Å². The Kier molecular flexibility index (Phi) is 3.82. The molecule has 2 heteroatoms. The fraction of sp³-hybridized carbons (Fsp3) is 0. The fourth-order valence-corrected chi connectivity index (χ4v) is 4.25. The first-order chi connectivity index (χ1) is 14.9. The highest BCUT2D eigenvalue weighted by Crippen LogP contribution is 2.34. The van der Waals surface area contributed by atoms with Crippen molar-refractivity contribution in [3.8, 4) is 22.4 Å². The van der Waals surface area contributed by atoms with Crippen LogP contribution in [-0.4, -0.2) is 9.97 Å². The Bertz CT molecular complexity index is 1500. The largest absolute Gasteiger partial charge is 0.252 e. The lowest BCUT2D eigenvalue weighted by molar-refractivity contribution is 1.31. The van der Waals surface area contributed by atoms with Crippen LogP contribution in [0, 0.1) is 0 Å². The van der Waals surface area contributed by atoms with Gasteiger partial charge >= 0.3 is 0 Å². The predicted octanol–water partition coefficient (Wildman–Crippen LogP) is 7.27. The second-order valence-electron chi connectivity index (χ2n) is 7.49. The summed E-state index contributed by atoms with van der Waals surface area (Å²) in [7, 11) is 0. The Morgan fingerprint density at radius 3 is 1.73 bits per heavy atom. The van der Waals surface area contributed by atoms with Gasteiger partial charge < -0.3 is 0 Å². The molecular weight excluding hydrogens is 364 g/mol. The average Bonchev–Trinajstić information content (AvgIpc) is 2.84. The lowest BCUT2D eigenvalue weighted by Gasteiger charge is -2.11. The summed E-state index contributed by atoms with van der Waals surface area (Å²) in [5.74, 6) is 0. The molecule has 0 radical (unpaired) electrons. The minimum atomic E-state index is 0.890. The zero-order valence-electron chi connectivity index (χ0n) is 16.3. The molecule has 0 saturated carbocycles. The molecule has 0 atom stereocenters. The van der Waals surface area contributed by atoms with Gasteiger partial charge in [-0.3, -0.25) is 4.98 Å². The van der Waals surface area contributed by atoms with Crippen molar-refractivity contribution in [3.63, 3.8) is 0 Å². The third-order valence-corrected chi connectivity index (χ3v) is 5.69. The highest BCUT2D eigenvalue weighted by molar-refractivity contribution is 6.23. The Hall–Kier alpha value is -4.04. The summed E-state index contributed by atoms with van der Waals surface area (Å²) in [4.78, 5) is 9.97. The van der Waals surface area contributed by atoms with Crippen LogP contribution in [-0.2, 0) is 0 Å². The van der Waals surface area contributed by atoms with E-state index in [1.807, 2.05) is 12.3 Å². The van der Waals surface area contributed by atoms with Crippen LogP contribution >= 0.6 is 0 Å². The maximum Gasteiger partial charge on any atom is 0.0979 e. The molecule has 0 unspecified atom stereocenters. The zero-order valence-corrected chi connectivity index (χ0v) is 16.3. The maximum atomic E-state index is 5.10. The van der Waals surface area contributed by atoms with Crippen LogP contribution in [0.4, 0.5) is 0 Å². The van der Waals surface area contributed by atoms with Gasteiger partial charge in [-0.1, -0.05) is 97.1 Å². The van der Waals surface area contributed by atoms with Crippen LogP contribution in [0.2, 0.25) is 0 Å². The van der Waals surface area contributed by atoms with Crippen LogP contribution < -0.4 is 0 Å². The third kappa shape index (κ3) is 2.66. The summed E-state index contributed by atoms with van der Waals surface area (Å²) in [6, 6.07) is 35.8. The van der Waals surface area contributed by atoms with Gasteiger partial charge in [-0.15, -0.1) is 0 Å². The van der Waals surface area contributed by atoms with Gasteiger partial charge in [0.05, 0.1) is 22.9 Å². The Morgan fingerprint density at radius 1 is 0.433 bits per heavy atom. The molecule has 6 aromatic rings. The molecule has 0 aliphatic heterocycles. The molecule has 0 aliphatic rings. The molecule has 6 rings (SSSR count). The van der Waals surface area contributed by atoms with E-state index in [4.69, 9.17) is 9.97 Å². The van der Waals surface area contributed by atoms with Gasteiger partial charge in [0.1, 0.15) is 0 Å². The monoisotopic (exact) mass is 382 g/mol. The van der Waals surface area contributed by atoms with Gasteiger partial charge in [0.2, 0.25) is 0 Å². The Balaban J connectivity index is 1.61. The van der Waals surface area contributed by atoms with Crippen molar-refractivity contribution in [2.75, 3.05) is 0 Å². The zero-order chi connectivity index (χ0) is 19.9. The minimum Gasteiger partial charge on any atom is -0.252 e. The van der Waals surface area contributed by atoms with Crippen molar-refractivity contribution in [1.82, 2.24) is 9.97 Å². The first-order valence-electron chi connectivity index (χ1n) is 10.1. The number of hydrogen-bond donors (Lipinski definition) is 0. The molecule has 2 nitrogen and oxygen atoms in total. The second kappa shape index (κ2) is 6.78. The highest BCUT2D eigenvalue weighted by atomic mass is 14.8. The number of fused-ring (bicyclic) bond motifs is 6. The van der Waals surface area contributed by atoms with Gasteiger partial charge in [-0.25, -0.2) is 4.98 Å². The molecule has 0 aliphatic carbocycles. The molecule has 1 aromatic heterocycles. The van der Waals surface area contributed by atoms with Crippen LogP contribution in [0.3, 0.4) is 0 Å². The van der Waals surface area contributed by atoms with Gasteiger partial charge in [-0.05, 0) is 28.0 Å². The standard InChI is InChI=1S/C28H18N2/c1-2-9-19(10-3-1)20-11-8-12-21(17-20)26-18-29-27-24-15-6-4-13-22(24)23-14-5-7-16-25(23)28(27)30-26/h1-18H. The summed E-state index contributed by atoms with van der Waals surface area (Å²) in [6.07, 6.45) is 1.90. The van der Waals surface area contributed by atoms with E-state index in [0.29, 0.717) is 0 Å². The lowest BCUT2D eigenvalue weighted by atomic mass is 9.99. The summed E-state index contributed by atoms with van der Waals surface area (Å²) >= 11 is 0. The SMILES string of the molecule is c1ccc(-c2cccc(-c3cnc4c5ccccc5c5ccccc5c4n3)c2)cc1. The molecule has 0 spiro atoms. The van der Waals surface area contributed by atoms with Gasteiger partial charge in [0, 0.05) is 16.3 Å². The molecule has 0 saturated heterocycles. The van der Waals surface area contributed by atoms with Crippen LogP contribution in [0.15, 0.2) is 109 Å². The first kappa shape index (κ1) is 16.9. The van der Waals surface area contributed by atoms with Crippen LogP contribution in [0.5, 0.6) is 0 Å². The van der Waals surface area contributed by atoms with E-state index < -0.39 is 0 Å². The third-order valence-electron chi connectivity index (χ3n) is 5.69. The number of nitrogens with zero attached hydrogens (tertiary/aromatic N) is 2. The lowest BCUT2D eigenvalue weighted by Crippen LogP contribution is -1.92. The number of aromatic nitrogens is 2. The normalized spacial score (nSPS) is 11.3. The van der Waals surface area contributed by atoms with Crippen molar-refractivity contribution in [3.05, 3.63) is 109 Å². The number of benzene rings is 5. The van der Waals surface area contributed by atoms with E-state index >= 15 is 0 Å². The van der Waals surface area contributed by atoms with E-state index in [1.165, 1.54) is 21.9 Å². The number of rotatable bonds is 2. The van der Waals surface area contributed by atoms with Gasteiger partial charge in [-0.2, -0.15) is 0 Å². The van der Waals surface area contributed by atoms with Gasteiger partial charge in [0.25, 0.3) is 0 Å². The second-order valence-corrected chi connectivity index (χ2v) is 7.49. The van der Waals surface area contributed by atoms with Crippen molar-refractivity contribution in [1.29, 1.82) is 0 Å². The minimum absolute atomic E-state index is 0.890. The van der Waals surface area contributed by atoms with Crippen molar-refractivity contribution >= 4 is 32.6 Å². The van der Waals surface area contributed by atoms with Crippen molar-refractivity contribution in [2.24, 2.45) is 0 Å². The van der Waals surface area contributed by atoms with Crippen molar-refractivity contribution in [2.45, 2.75) is 0 Å². The first-order valence-corrected chi connectivity index (χ1v) is 10.1. The van der Waals surface area contributed by atoms with E-state index in [1.54, 1.807) is 0 Å². The van der Waals surface area contributed by atoms with Crippen molar-refractivity contribution < 1.29 is 0 Å². The molecule has 0 N–H and O–H groups in total. The maximum absolute atomic E-state index is 5.10. The molecule has 30 heavy (non-hydrogen) atoms. The fourth-order valence-electron chi connectivity index (χ4n) is 4.25. The average molecular weight is 382 g/mol. The summed E-state index contributed by atoms with van der Waals surface area (Å²) < 4.78 is 0. The molecule has 1 heterocycles. The Labute approximate surface area is 174 Å². The molecule has 5 aromatic carbocycles. The van der Waals surface area contributed by atoms with E-state index in [9.17, 15) is 0 Å².